The Morgan fingerprint density at radius 1 is 1.06 bits per heavy atom. The standard InChI is InChI=1S/C15H14FNO/c16-11-7-5-10(6-8-11)15-9-13(17)12-3-1-2-4-14(12)18-15/h1-8,13,15H,9,17H2/t13-,15-/m1/s1. The van der Waals surface area contributed by atoms with E-state index >= 15 is 0 Å². The van der Waals surface area contributed by atoms with Gasteiger partial charge in [-0.15, -0.1) is 0 Å². The van der Waals surface area contributed by atoms with Crippen molar-refractivity contribution < 1.29 is 9.13 Å². The van der Waals surface area contributed by atoms with E-state index in [2.05, 4.69) is 0 Å². The van der Waals surface area contributed by atoms with Gasteiger partial charge < -0.3 is 10.5 Å². The predicted octanol–water partition coefficient (Wildman–Crippen LogP) is 3.35. The van der Waals surface area contributed by atoms with Crippen molar-refractivity contribution in [1.29, 1.82) is 0 Å². The maximum atomic E-state index is 12.9. The van der Waals surface area contributed by atoms with Gasteiger partial charge in [0.1, 0.15) is 17.7 Å². The van der Waals surface area contributed by atoms with Crippen LogP contribution in [0.15, 0.2) is 48.5 Å². The fourth-order valence-electron chi connectivity index (χ4n) is 2.33. The van der Waals surface area contributed by atoms with Crippen molar-refractivity contribution in [2.45, 2.75) is 18.6 Å². The largest absolute Gasteiger partial charge is 0.485 e. The number of fused-ring (bicyclic) bond motifs is 1. The average molecular weight is 243 g/mol. The smallest absolute Gasteiger partial charge is 0.126 e. The van der Waals surface area contributed by atoms with Crippen LogP contribution < -0.4 is 10.5 Å². The Labute approximate surface area is 105 Å². The second-order valence-electron chi connectivity index (χ2n) is 4.54. The van der Waals surface area contributed by atoms with E-state index in [1.54, 1.807) is 12.1 Å². The van der Waals surface area contributed by atoms with Crippen LogP contribution in [0.5, 0.6) is 5.75 Å². The fourth-order valence-corrected chi connectivity index (χ4v) is 2.33. The van der Waals surface area contributed by atoms with Crippen LogP contribution in [0, 0.1) is 5.82 Å². The van der Waals surface area contributed by atoms with Gasteiger partial charge in [-0.1, -0.05) is 30.3 Å². The molecular weight excluding hydrogens is 229 g/mol. The molecule has 2 N–H and O–H groups in total. The van der Waals surface area contributed by atoms with Gasteiger partial charge in [-0.25, -0.2) is 4.39 Å². The molecule has 1 aliphatic rings. The summed E-state index contributed by atoms with van der Waals surface area (Å²) in [6.45, 7) is 0. The molecule has 92 valence electrons. The molecule has 0 bridgehead atoms. The third-order valence-corrected chi connectivity index (χ3v) is 3.30. The summed E-state index contributed by atoms with van der Waals surface area (Å²) in [7, 11) is 0. The normalized spacial score (nSPS) is 22.1. The zero-order valence-electron chi connectivity index (χ0n) is 9.84. The van der Waals surface area contributed by atoms with Crippen molar-refractivity contribution in [3.05, 3.63) is 65.5 Å². The second kappa shape index (κ2) is 4.42. The van der Waals surface area contributed by atoms with Gasteiger partial charge in [-0.2, -0.15) is 0 Å². The van der Waals surface area contributed by atoms with E-state index in [1.165, 1.54) is 12.1 Å². The number of para-hydroxylation sites is 1. The van der Waals surface area contributed by atoms with Gasteiger partial charge in [-0.05, 0) is 23.8 Å². The minimum Gasteiger partial charge on any atom is -0.485 e. The molecule has 0 fully saturated rings. The number of hydrogen-bond donors (Lipinski definition) is 1. The molecule has 0 saturated heterocycles. The molecule has 1 aliphatic heterocycles. The van der Waals surface area contributed by atoms with E-state index in [4.69, 9.17) is 10.5 Å². The van der Waals surface area contributed by atoms with Crippen molar-refractivity contribution in [3.63, 3.8) is 0 Å². The van der Waals surface area contributed by atoms with Crippen molar-refractivity contribution >= 4 is 0 Å². The summed E-state index contributed by atoms with van der Waals surface area (Å²) in [6, 6.07) is 14.2. The first kappa shape index (κ1) is 11.2. The Kier molecular flexibility index (Phi) is 2.76. The van der Waals surface area contributed by atoms with Crippen molar-refractivity contribution in [2.24, 2.45) is 5.73 Å². The zero-order chi connectivity index (χ0) is 12.5. The quantitative estimate of drug-likeness (QED) is 0.833. The van der Waals surface area contributed by atoms with Crippen molar-refractivity contribution in [3.8, 4) is 5.75 Å². The van der Waals surface area contributed by atoms with Gasteiger partial charge >= 0.3 is 0 Å². The van der Waals surface area contributed by atoms with Gasteiger partial charge in [0.2, 0.25) is 0 Å². The molecular formula is C15H14FNO. The summed E-state index contributed by atoms with van der Waals surface area (Å²) in [4.78, 5) is 0. The maximum Gasteiger partial charge on any atom is 0.126 e. The number of hydrogen-bond acceptors (Lipinski definition) is 2. The molecule has 1 heterocycles. The van der Waals surface area contributed by atoms with Gasteiger partial charge in [0.25, 0.3) is 0 Å². The first-order chi connectivity index (χ1) is 8.74. The van der Waals surface area contributed by atoms with Gasteiger partial charge in [-0.3, -0.25) is 0 Å². The monoisotopic (exact) mass is 243 g/mol. The minimum atomic E-state index is -0.237. The molecule has 2 aromatic rings. The topological polar surface area (TPSA) is 35.2 Å². The third kappa shape index (κ3) is 1.97. The molecule has 18 heavy (non-hydrogen) atoms. The first-order valence-corrected chi connectivity index (χ1v) is 6.00. The molecule has 0 saturated carbocycles. The number of nitrogens with two attached hydrogens (primary N) is 1. The van der Waals surface area contributed by atoms with Crippen LogP contribution in [-0.2, 0) is 0 Å². The fraction of sp³-hybridized carbons (Fsp3) is 0.200. The van der Waals surface area contributed by atoms with Crippen LogP contribution in [0.25, 0.3) is 0 Å². The highest BCUT2D eigenvalue weighted by Crippen LogP contribution is 2.39. The highest BCUT2D eigenvalue weighted by molar-refractivity contribution is 5.39. The molecule has 3 heteroatoms. The minimum absolute atomic E-state index is 0.0370. The Morgan fingerprint density at radius 3 is 2.56 bits per heavy atom. The molecule has 0 unspecified atom stereocenters. The summed E-state index contributed by atoms with van der Waals surface area (Å²) in [5.74, 6) is 0.588. The zero-order valence-corrected chi connectivity index (χ0v) is 9.84. The molecule has 0 amide bonds. The molecule has 0 spiro atoms. The van der Waals surface area contributed by atoms with Crippen LogP contribution in [0.1, 0.15) is 29.7 Å². The number of rotatable bonds is 1. The lowest BCUT2D eigenvalue weighted by Crippen LogP contribution is -2.24. The van der Waals surface area contributed by atoms with E-state index in [1.807, 2.05) is 24.3 Å². The molecule has 0 aliphatic carbocycles. The Morgan fingerprint density at radius 2 is 1.78 bits per heavy atom. The second-order valence-corrected chi connectivity index (χ2v) is 4.54. The first-order valence-electron chi connectivity index (χ1n) is 6.00. The average Bonchev–Trinajstić information content (AvgIpc) is 2.39. The van der Waals surface area contributed by atoms with Crippen LogP contribution in [-0.4, -0.2) is 0 Å². The highest BCUT2D eigenvalue weighted by atomic mass is 19.1. The number of halogens is 1. The summed E-state index contributed by atoms with van der Waals surface area (Å²) in [5.41, 5.74) is 8.15. The SMILES string of the molecule is N[C@@H]1C[C@H](c2ccc(F)cc2)Oc2ccccc21. The number of ether oxygens (including phenoxy) is 1. The summed E-state index contributed by atoms with van der Waals surface area (Å²) < 4.78 is 18.8. The molecule has 2 atom stereocenters. The predicted molar refractivity (Wildman–Crippen MR) is 67.8 cm³/mol. The van der Waals surface area contributed by atoms with Gasteiger partial charge in [0.05, 0.1) is 0 Å². The Balaban J connectivity index is 1.92. The van der Waals surface area contributed by atoms with E-state index in [0.29, 0.717) is 6.42 Å². The van der Waals surface area contributed by atoms with Crippen molar-refractivity contribution in [2.75, 3.05) is 0 Å². The summed E-state index contributed by atoms with van der Waals surface area (Å²) in [5, 5.41) is 0. The van der Waals surface area contributed by atoms with E-state index < -0.39 is 0 Å². The third-order valence-electron chi connectivity index (χ3n) is 3.30. The van der Waals surface area contributed by atoms with Crippen molar-refractivity contribution in [1.82, 2.24) is 0 Å². The van der Waals surface area contributed by atoms with Crippen LogP contribution in [0.3, 0.4) is 0 Å². The van der Waals surface area contributed by atoms with E-state index in [9.17, 15) is 4.39 Å². The van der Waals surface area contributed by atoms with Crippen LogP contribution >= 0.6 is 0 Å². The Bertz CT molecular complexity index is 553. The van der Waals surface area contributed by atoms with Crippen LogP contribution in [0.2, 0.25) is 0 Å². The van der Waals surface area contributed by atoms with Crippen LogP contribution in [0.4, 0.5) is 4.39 Å². The molecule has 2 aromatic carbocycles. The highest BCUT2D eigenvalue weighted by Gasteiger charge is 2.26. The maximum absolute atomic E-state index is 12.9. The summed E-state index contributed by atoms with van der Waals surface area (Å²) >= 11 is 0. The molecule has 0 radical (unpaired) electrons. The number of benzene rings is 2. The lowest BCUT2D eigenvalue weighted by Gasteiger charge is -2.30. The summed E-state index contributed by atoms with van der Waals surface area (Å²) in [6.07, 6.45) is 0.610. The van der Waals surface area contributed by atoms with Gasteiger partial charge in [0.15, 0.2) is 0 Å². The lowest BCUT2D eigenvalue weighted by atomic mass is 9.94. The Hall–Kier alpha value is -1.87. The van der Waals surface area contributed by atoms with E-state index in [0.717, 1.165) is 16.9 Å². The molecule has 3 rings (SSSR count). The molecule has 0 aromatic heterocycles. The lowest BCUT2D eigenvalue weighted by molar-refractivity contribution is 0.161. The van der Waals surface area contributed by atoms with E-state index in [-0.39, 0.29) is 18.0 Å². The molecule has 2 nitrogen and oxygen atoms in total. The van der Waals surface area contributed by atoms with Gasteiger partial charge in [0, 0.05) is 18.0 Å².